The van der Waals surface area contributed by atoms with E-state index in [0.717, 1.165) is 22.4 Å². The Kier molecular flexibility index (Phi) is 4.05. The summed E-state index contributed by atoms with van der Waals surface area (Å²) in [5, 5.41) is 0. The van der Waals surface area contributed by atoms with Gasteiger partial charge < -0.3 is 13.9 Å². The second-order valence-corrected chi connectivity index (χ2v) is 5.91. The van der Waals surface area contributed by atoms with Gasteiger partial charge >= 0.3 is 0 Å². The van der Waals surface area contributed by atoms with Crippen LogP contribution in [0, 0.1) is 6.92 Å². The highest BCUT2D eigenvalue weighted by atomic mass is 16.5. The molecule has 0 aliphatic carbocycles. The summed E-state index contributed by atoms with van der Waals surface area (Å²) < 4.78 is 9.19. The first kappa shape index (κ1) is 15.5. The van der Waals surface area contributed by atoms with Crippen LogP contribution in [0.2, 0.25) is 0 Å². The summed E-state index contributed by atoms with van der Waals surface area (Å²) in [5.74, 6) is 0.855. The SMILES string of the molecule is COC(C)Cn1c(-c2cc(C)c(=O)n(C)c2)nc2ccccc21. The van der Waals surface area contributed by atoms with Crippen molar-refractivity contribution in [2.75, 3.05) is 7.11 Å². The number of aryl methyl sites for hydroxylation is 2. The van der Waals surface area contributed by atoms with Gasteiger partial charge in [0.2, 0.25) is 0 Å². The first-order valence-corrected chi connectivity index (χ1v) is 7.67. The van der Waals surface area contributed by atoms with E-state index >= 15 is 0 Å². The maximum Gasteiger partial charge on any atom is 0.253 e. The third-order valence-electron chi connectivity index (χ3n) is 4.12. The molecule has 23 heavy (non-hydrogen) atoms. The molecule has 1 unspecified atom stereocenters. The molecule has 5 heteroatoms. The standard InChI is InChI=1S/C18H21N3O2/c1-12-9-14(11-20(3)18(12)22)17-19-15-7-5-6-8-16(15)21(17)10-13(2)23-4/h5-9,11,13H,10H2,1-4H3. The van der Waals surface area contributed by atoms with Crippen LogP contribution < -0.4 is 5.56 Å². The van der Waals surface area contributed by atoms with Crippen LogP contribution >= 0.6 is 0 Å². The summed E-state index contributed by atoms with van der Waals surface area (Å²) in [6.07, 6.45) is 1.91. The van der Waals surface area contributed by atoms with Crippen molar-refractivity contribution in [3.8, 4) is 11.4 Å². The Labute approximate surface area is 135 Å². The first-order valence-electron chi connectivity index (χ1n) is 7.67. The zero-order valence-electron chi connectivity index (χ0n) is 13.9. The highest BCUT2D eigenvalue weighted by molar-refractivity contribution is 5.80. The fourth-order valence-corrected chi connectivity index (χ4v) is 2.81. The lowest BCUT2D eigenvalue weighted by molar-refractivity contribution is 0.104. The second-order valence-electron chi connectivity index (χ2n) is 5.91. The number of benzene rings is 1. The molecule has 1 atom stereocenters. The van der Waals surface area contributed by atoms with Gasteiger partial charge in [0.25, 0.3) is 5.56 Å². The number of rotatable bonds is 4. The Balaban J connectivity index is 2.24. The van der Waals surface area contributed by atoms with Gasteiger partial charge in [0.1, 0.15) is 5.82 Å². The average Bonchev–Trinajstić information content (AvgIpc) is 2.90. The largest absolute Gasteiger partial charge is 0.380 e. The fourth-order valence-electron chi connectivity index (χ4n) is 2.81. The Hall–Kier alpha value is -2.40. The number of fused-ring (bicyclic) bond motifs is 1. The van der Waals surface area contributed by atoms with Crippen LogP contribution in [0.15, 0.2) is 41.3 Å². The number of para-hydroxylation sites is 2. The zero-order valence-corrected chi connectivity index (χ0v) is 13.9. The summed E-state index contributed by atoms with van der Waals surface area (Å²) in [5.41, 5.74) is 3.67. The zero-order chi connectivity index (χ0) is 16.6. The summed E-state index contributed by atoms with van der Waals surface area (Å²) in [6, 6.07) is 9.95. The van der Waals surface area contributed by atoms with Gasteiger partial charge in [0.15, 0.2) is 0 Å². The molecule has 1 aromatic carbocycles. The maximum absolute atomic E-state index is 11.9. The summed E-state index contributed by atoms with van der Waals surface area (Å²) in [6.45, 7) is 4.56. The van der Waals surface area contributed by atoms with Gasteiger partial charge in [-0.3, -0.25) is 4.79 Å². The minimum Gasteiger partial charge on any atom is -0.380 e. The molecule has 2 aromatic heterocycles. The van der Waals surface area contributed by atoms with Gasteiger partial charge in [0, 0.05) is 31.5 Å². The quantitative estimate of drug-likeness (QED) is 0.744. The van der Waals surface area contributed by atoms with E-state index in [9.17, 15) is 4.79 Å². The van der Waals surface area contributed by atoms with E-state index < -0.39 is 0 Å². The molecule has 0 aliphatic heterocycles. The van der Waals surface area contributed by atoms with E-state index in [-0.39, 0.29) is 11.7 Å². The van der Waals surface area contributed by atoms with E-state index in [1.54, 1.807) is 18.7 Å². The molecule has 0 spiro atoms. The number of methoxy groups -OCH3 is 1. The van der Waals surface area contributed by atoms with Crippen LogP contribution in [0.3, 0.4) is 0 Å². The van der Waals surface area contributed by atoms with Crippen LogP contribution in [0.25, 0.3) is 22.4 Å². The van der Waals surface area contributed by atoms with Crippen molar-refractivity contribution in [2.24, 2.45) is 7.05 Å². The van der Waals surface area contributed by atoms with Crippen LogP contribution in [0.5, 0.6) is 0 Å². The predicted octanol–water partition coefficient (Wildman–Crippen LogP) is 2.75. The van der Waals surface area contributed by atoms with Gasteiger partial charge in [-0.15, -0.1) is 0 Å². The molecule has 3 aromatic rings. The van der Waals surface area contributed by atoms with Crippen LogP contribution in [-0.2, 0) is 18.3 Å². The van der Waals surface area contributed by atoms with E-state index in [1.807, 2.05) is 44.3 Å². The number of hydrogen-bond donors (Lipinski definition) is 0. The highest BCUT2D eigenvalue weighted by Crippen LogP contribution is 2.25. The Morgan fingerprint density at radius 2 is 2.04 bits per heavy atom. The molecule has 0 bridgehead atoms. The number of hydrogen-bond acceptors (Lipinski definition) is 3. The molecule has 0 radical (unpaired) electrons. The third kappa shape index (κ3) is 2.80. The molecule has 0 N–H and O–H groups in total. The second kappa shape index (κ2) is 6.01. The smallest absolute Gasteiger partial charge is 0.253 e. The summed E-state index contributed by atoms with van der Waals surface area (Å²) >= 11 is 0. The minimum atomic E-state index is 0.0154. The molecule has 3 rings (SSSR count). The van der Waals surface area contributed by atoms with E-state index in [4.69, 9.17) is 9.72 Å². The van der Waals surface area contributed by atoms with Crippen molar-refractivity contribution >= 4 is 11.0 Å². The molecule has 120 valence electrons. The van der Waals surface area contributed by atoms with Crippen molar-refractivity contribution < 1.29 is 4.74 Å². The topological polar surface area (TPSA) is 49.0 Å². The van der Waals surface area contributed by atoms with Crippen LogP contribution in [0.4, 0.5) is 0 Å². The molecule has 0 amide bonds. The Bertz CT molecular complexity index is 882. The van der Waals surface area contributed by atoms with Crippen LogP contribution in [0.1, 0.15) is 12.5 Å². The van der Waals surface area contributed by atoms with E-state index in [1.165, 1.54) is 0 Å². The summed E-state index contributed by atoms with van der Waals surface area (Å²) in [7, 11) is 3.48. The fraction of sp³-hybridized carbons (Fsp3) is 0.333. The van der Waals surface area contributed by atoms with E-state index in [0.29, 0.717) is 12.1 Å². The lowest BCUT2D eigenvalue weighted by Crippen LogP contribution is -2.19. The van der Waals surface area contributed by atoms with Gasteiger partial charge in [-0.1, -0.05) is 12.1 Å². The molecule has 5 nitrogen and oxygen atoms in total. The molecule has 0 fully saturated rings. The number of aromatic nitrogens is 3. The van der Waals surface area contributed by atoms with Crippen molar-refractivity contribution in [3.05, 3.63) is 52.4 Å². The number of nitrogens with zero attached hydrogens (tertiary/aromatic N) is 3. The molecule has 0 saturated heterocycles. The van der Waals surface area contributed by atoms with E-state index in [2.05, 4.69) is 10.6 Å². The van der Waals surface area contributed by atoms with Crippen molar-refractivity contribution in [2.45, 2.75) is 26.5 Å². The van der Waals surface area contributed by atoms with Crippen molar-refractivity contribution in [3.63, 3.8) is 0 Å². The maximum atomic E-state index is 11.9. The van der Waals surface area contributed by atoms with Crippen molar-refractivity contribution in [1.82, 2.24) is 14.1 Å². The molecule has 0 aliphatic rings. The third-order valence-corrected chi connectivity index (χ3v) is 4.12. The predicted molar refractivity (Wildman–Crippen MR) is 91.6 cm³/mol. The minimum absolute atomic E-state index is 0.0154. The summed E-state index contributed by atoms with van der Waals surface area (Å²) in [4.78, 5) is 16.7. The van der Waals surface area contributed by atoms with Gasteiger partial charge in [-0.2, -0.15) is 0 Å². The monoisotopic (exact) mass is 311 g/mol. The molecule has 2 heterocycles. The number of imidazole rings is 1. The van der Waals surface area contributed by atoms with Crippen LogP contribution in [-0.4, -0.2) is 27.3 Å². The molecular formula is C18H21N3O2. The Morgan fingerprint density at radius 3 is 2.74 bits per heavy atom. The normalized spacial score (nSPS) is 12.7. The van der Waals surface area contributed by atoms with Gasteiger partial charge in [-0.05, 0) is 32.0 Å². The molecular weight excluding hydrogens is 290 g/mol. The van der Waals surface area contributed by atoms with Crippen molar-refractivity contribution in [1.29, 1.82) is 0 Å². The lowest BCUT2D eigenvalue weighted by atomic mass is 10.2. The lowest BCUT2D eigenvalue weighted by Gasteiger charge is -2.15. The number of pyridine rings is 1. The number of ether oxygens (including phenoxy) is 1. The molecule has 0 saturated carbocycles. The average molecular weight is 311 g/mol. The first-order chi connectivity index (χ1) is 11.0. The highest BCUT2D eigenvalue weighted by Gasteiger charge is 2.15. The Morgan fingerprint density at radius 1 is 1.30 bits per heavy atom. The van der Waals surface area contributed by atoms with Gasteiger partial charge in [-0.25, -0.2) is 4.98 Å². The van der Waals surface area contributed by atoms with Gasteiger partial charge in [0.05, 0.1) is 23.7 Å².